The molecule has 0 fully saturated rings. The van der Waals surface area contributed by atoms with Gasteiger partial charge in [0.25, 0.3) is 0 Å². The van der Waals surface area contributed by atoms with Crippen LogP contribution < -0.4 is 5.73 Å². The molecule has 2 nitrogen and oxygen atoms in total. The summed E-state index contributed by atoms with van der Waals surface area (Å²) in [6, 6.07) is 18.6. The zero-order valence-electron chi connectivity index (χ0n) is 9.80. The van der Waals surface area contributed by atoms with E-state index < -0.39 is 0 Å². The molecule has 0 aromatic heterocycles. The molecule has 94 valence electrons. The minimum Gasteiger partial charge on any atom is -0.379 e. The Hall–Kier alpha value is -1.45. The van der Waals surface area contributed by atoms with Gasteiger partial charge >= 0.3 is 0 Å². The van der Waals surface area contributed by atoms with Crippen LogP contribution in [-0.2, 0) is 5.75 Å². The highest BCUT2D eigenvalue weighted by molar-refractivity contribution is 8.13. The number of halogens is 1. The third-order valence-electron chi connectivity index (χ3n) is 2.46. The molecule has 2 rings (SSSR count). The third kappa shape index (κ3) is 4.09. The molecule has 3 N–H and O–H groups in total. The SMILES string of the molecule is Cl.N=C(N)SCc1ccc(-c2ccccc2)cc1. The fourth-order valence-electron chi connectivity index (χ4n) is 1.59. The van der Waals surface area contributed by atoms with Crippen molar-refractivity contribution in [3.8, 4) is 11.1 Å². The van der Waals surface area contributed by atoms with E-state index in [1.807, 2.05) is 18.2 Å². The maximum absolute atomic E-state index is 7.16. The molecule has 2 aromatic carbocycles. The Bertz CT molecular complexity index is 497. The largest absolute Gasteiger partial charge is 0.379 e. The van der Waals surface area contributed by atoms with Crippen molar-refractivity contribution in [2.45, 2.75) is 5.75 Å². The fraction of sp³-hybridized carbons (Fsp3) is 0.0714. The molecule has 0 saturated heterocycles. The fourth-order valence-corrected chi connectivity index (χ4v) is 2.10. The number of nitrogens with two attached hydrogens (primary N) is 1. The van der Waals surface area contributed by atoms with Crippen LogP contribution in [0.4, 0.5) is 0 Å². The summed E-state index contributed by atoms with van der Waals surface area (Å²) in [7, 11) is 0. The molecule has 2 aromatic rings. The monoisotopic (exact) mass is 278 g/mol. The zero-order chi connectivity index (χ0) is 12.1. The lowest BCUT2D eigenvalue weighted by molar-refractivity contribution is 1.41. The first kappa shape index (κ1) is 14.6. The number of amidine groups is 1. The summed E-state index contributed by atoms with van der Waals surface area (Å²) >= 11 is 1.35. The van der Waals surface area contributed by atoms with Crippen LogP contribution in [0.15, 0.2) is 54.6 Å². The number of nitrogens with one attached hydrogen (secondary N) is 1. The second-order valence-corrected chi connectivity index (χ2v) is 4.73. The molecule has 0 saturated carbocycles. The van der Waals surface area contributed by atoms with Crippen LogP contribution in [0, 0.1) is 5.41 Å². The molecular weight excluding hydrogens is 264 g/mol. The number of rotatable bonds is 3. The molecule has 0 radical (unpaired) electrons. The normalized spacial score (nSPS) is 9.56. The van der Waals surface area contributed by atoms with Gasteiger partial charge in [0, 0.05) is 5.75 Å². The van der Waals surface area contributed by atoms with E-state index in [1.165, 1.54) is 28.5 Å². The van der Waals surface area contributed by atoms with Crippen molar-refractivity contribution in [2.24, 2.45) is 5.73 Å². The molecule has 0 aliphatic heterocycles. The van der Waals surface area contributed by atoms with Crippen molar-refractivity contribution >= 4 is 29.3 Å². The second kappa shape index (κ2) is 7.09. The summed E-state index contributed by atoms with van der Waals surface area (Å²) in [6.45, 7) is 0. The van der Waals surface area contributed by atoms with Crippen molar-refractivity contribution in [2.75, 3.05) is 0 Å². The van der Waals surface area contributed by atoms with Crippen LogP contribution in [-0.4, -0.2) is 5.17 Å². The van der Waals surface area contributed by atoms with Gasteiger partial charge in [-0.3, -0.25) is 5.41 Å². The predicted octanol–water partition coefficient (Wildman–Crippen LogP) is 3.90. The van der Waals surface area contributed by atoms with E-state index in [-0.39, 0.29) is 17.6 Å². The number of thioether (sulfide) groups is 1. The molecule has 0 atom stereocenters. The highest BCUT2D eigenvalue weighted by atomic mass is 35.5. The van der Waals surface area contributed by atoms with Gasteiger partial charge in [-0.2, -0.15) is 0 Å². The van der Waals surface area contributed by atoms with Crippen molar-refractivity contribution in [3.05, 3.63) is 60.2 Å². The Morgan fingerprint density at radius 1 is 0.944 bits per heavy atom. The molecule has 0 aliphatic rings. The van der Waals surface area contributed by atoms with Crippen LogP contribution in [0.25, 0.3) is 11.1 Å². The van der Waals surface area contributed by atoms with Gasteiger partial charge in [0.1, 0.15) is 0 Å². The number of benzene rings is 2. The van der Waals surface area contributed by atoms with Gasteiger partial charge in [0.05, 0.1) is 0 Å². The smallest absolute Gasteiger partial charge is 0.151 e. The summed E-state index contributed by atoms with van der Waals surface area (Å²) in [5.41, 5.74) is 8.92. The molecule has 0 amide bonds. The Balaban J connectivity index is 0.00000162. The topological polar surface area (TPSA) is 49.9 Å². The minimum atomic E-state index is 0. The van der Waals surface area contributed by atoms with Gasteiger partial charge in [0.2, 0.25) is 0 Å². The van der Waals surface area contributed by atoms with Crippen molar-refractivity contribution < 1.29 is 0 Å². The van der Waals surface area contributed by atoms with E-state index in [4.69, 9.17) is 11.1 Å². The molecule has 0 unspecified atom stereocenters. The van der Waals surface area contributed by atoms with E-state index >= 15 is 0 Å². The Morgan fingerprint density at radius 2 is 1.50 bits per heavy atom. The average Bonchev–Trinajstić information content (AvgIpc) is 2.38. The molecule has 0 aliphatic carbocycles. The lowest BCUT2D eigenvalue weighted by Crippen LogP contribution is -2.03. The third-order valence-corrected chi connectivity index (χ3v) is 3.24. The van der Waals surface area contributed by atoms with E-state index in [9.17, 15) is 0 Å². The lowest BCUT2D eigenvalue weighted by Gasteiger charge is -2.03. The molecule has 0 heterocycles. The highest BCUT2D eigenvalue weighted by Crippen LogP contribution is 2.20. The van der Waals surface area contributed by atoms with Crippen LogP contribution >= 0.6 is 24.2 Å². The summed E-state index contributed by atoms with van der Waals surface area (Å²) < 4.78 is 0. The minimum absolute atomic E-state index is 0. The Morgan fingerprint density at radius 3 is 2.06 bits per heavy atom. The zero-order valence-corrected chi connectivity index (χ0v) is 11.4. The summed E-state index contributed by atoms with van der Waals surface area (Å²) in [5, 5.41) is 7.33. The maximum atomic E-state index is 7.16. The quantitative estimate of drug-likeness (QED) is 0.661. The summed E-state index contributed by atoms with van der Waals surface area (Å²) in [6.07, 6.45) is 0. The van der Waals surface area contributed by atoms with E-state index in [0.29, 0.717) is 0 Å². The van der Waals surface area contributed by atoms with E-state index in [0.717, 1.165) is 5.75 Å². The Kier molecular flexibility index (Phi) is 5.75. The summed E-state index contributed by atoms with van der Waals surface area (Å²) in [5.74, 6) is 0.754. The Labute approximate surface area is 118 Å². The van der Waals surface area contributed by atoms with Crippen LogP contribution in [0.5, 0.6) is 0 Å². The number of hydrogen-bond acceptors (Lipinski definition) is 2. The van der Waals surface area contributed by atoms with E-state index in [1.54, 1.807) is 0 Å². The summed E-state index contributed by atoms with van der Waals surface area (Å²) in [4.78, 5) is 0. The molecule has 18 heavy (non-hydrogen) atoms. The first-order valence-corrected chi connectivity index (χ1v) is 6.35. The number of hydrogen-bond donors (Lipinski definition) is 2. The van der Waals surface area contributed by atoms with Gasteiger partial charge in [-0.1, -0.05) is 66.4 Å². The highest BCUT2D eigenvalue weighted by Gasteiger charge is 1.98. The van der Waals surface area contributed by atoms with Gasteiger partial charge in [0.15, 0.2) is 5.17 Å². The standard InChI is InChI=1S/C14H14N2S.ClH/c15-14(16)17-10-11-6-8-13(9-7-11)12-4-2-1-3-5-12;/h1-9H,10H2,(H3,15,16);1H. The molecule has 0 spiro atoms. The van der Waals surface area contributed by atoms with Crippen molar-refractivity contribution in [3.63, 3.8) is 0 Å². The van der Waals surface area contributed by atoms with Crippen LogP contribution in [0.1, 0.15) is 5.56 Å². The molecule has 4 heteroatoms. The second-order valence-electron chi connectivity index (χ2n) is 3.72. The van der Waals surface area contributed by atoms with Crippen LogP contribution in [0.3, 0.4) is 0 Å². The van der Waals surface area contributed by atoms with Gasteiger partial charge in [-0.15, -0.1) is 12.4 Å². The van der Waals surface area contributed by atoms with Gasteiger partial charge in [-0.25, -0.2) is 0 Å². The van der Waals surface area contributed by atoms with Gasteiger partial charge < -0.3 is 5.73 Å². The lowest BCUT2D eigenvalue weighted by atomic mass is 10.0. The van der Waals surface area contributed by atoms with Crippen molar-refractivity contribution in [1.82, 2.24) is 0 Å². The maximum Gasteiger partial charge on any atom is 0.151 e. The predicted molar refractivity (Wildman–Crippen MR) is 82.3 cm³/mol. The average molecular weight is 279 g/mol. The molecular formula is C14H15ClN2S. The first-order chi connectivity index (χ1) is 8.25. The van der Waals surface area contributed by atoms with Crippen LogP contribution in [0.2, 0.25) is 0 Å². The first-order valence-electron chi connectivity index (χ1n) is 5.37. The van der Waals surface area contributed by atoms with Crippen molar-refractivity contribution in [1.29, 1.82) is 5.41 Å². The van der Waals surface area contributed by atoms with Gasteiger partial charge in [-0.05, 0) is 16.7 Å². The molecule has 0 bridgehead atoms. The van der Waals surface area contributed by atoms with E-state index in [2.05, 4.69) is 36.4 Å².